The van der Waals surface area contributed by atoms with E-state index in [1.165, 1.54) is 0 Å². The molecule has 9 heteroatoms. The van der Waals surface area contributed by atoms with Crippen LogP contribution in [0.5, 0.6) is 0 Å². The lowest BCUT2D eigenvalue weighted by atomic mass is 9.94. The average Bonchev–Trinajstić information content (AvgIpc) is 3.16. The average molecular weight is 381 g/mol. The Kier molecular flexibility index (Phi) is 4.79. The summed E-state index contributed by atoms with van der Waals surface area (Å²) < 4.78 is 48.3. The van der Waals surface area contributed by atoms with Crippen molar-refractivity contribution in [2.75, 3.05) is 24.6 Å². The molecule has 1 atom stereocenters. The Hall–Kier alpha value is -2.16. The Morgan fingerprint density at radius 2 is 2.04 bits per heavy atom. The van der Waals surface area contributed by atoms with Crippen molar-refractivity contribution in [3.05, 3.63) is 34.9 Å². The van der Waals surface area contributed by atoms with Gasteiger partial charge in [-0.1, -0.05) is 0 Å². The van der Waals surface area contributed by atoms with Crippen LogP contribution in [0.25, 0.3) is 0 Å². The van der Waals surface area contributed by atoms with Gasteiger partial charge in [0, 0.05) is 36.1 Å². The highest BCUT2D eigenvalue weighted by atomic mass is 19.4. The number of rotatable bonds is 3. The maximum absolute atomic E-state index is 13.6. The number of hydrogen-bond acceptors (Lipinski definition) is 5. The zero-order valence-electron chi connectivity index (χ0n) is 15.2. The van der Waals surface area contributed by atoms with Crippen LogP contribution in [0.3, 0.4) is 0 Å². The van der Waals surface area contributed by atoms with Crippen LogP contribution >= 0.6 is 0 Å². The second-order valence-electron chi connectivity index (χ2n) is 6.94. The fourth-order valence-corrected chi connectivity index (χ4v) is 3.71. The summed E-state index contributed by atoms with van der Waals surface area (Å²) in [5.74, 6) is 0.152. The van der Waals surface area contributed by atoms with Crippen molar-refractivity contribution >= 4 is 5.95 Å². The van der Waals surface area contributed by atoms with Gasteiger partial charge in [-0.25, -0.2) is 9.97 Å². The molecule has 4 rings (SSSR count). The number of fused-ring (bicyclic) bond motifs is 1. The second kappa shape index (κ2) is 7.10. The van der Waals surface area contributed by atoms with E-state index >= 15 is 0 Å². The number of aromatic nitrogens is 4. The molecule has 2 aromatic heterocycles. The van der Waals surface area contributed by atoms with E-state index in [4.69, 9.17) is 4.74 Å². The summed E-state index contributed by atoms with van der Waals surface area (Å²) >= 11 is 0. The predicted molar refractivity (Wildman–Crippen MR) is 92.5 cm³/mol. The largest absolute Gasteiger partial charge is 0.433 e. The van der Waals surface area contributed by atoms with E-state index in [1.807, 2.05) is 13.1 Å². The lowest BCUT2D eigenvalue weighted by Gasteiger charge is -2.33. The van der Waals surface area contributed by atoms with Crippen LogP contribution < -0.4 is 4.90 Å². The zero-order chi connectivity index (χ0) is 19.0. The topological polar surface area (TPSA) is 56.1 Å². The molecule has 27 heavy (non-hydrogen) atoms. The van der Waals surface area contributed by atoms with Gasteiger partial charge in [-0.2, -0.15) is 18.3 Å². The summed E-state index contributed by atoms with van der Waals surface area (Å²) in [4.78, 5) is 10.2. The Morgan fingerprint density at radius 3 is 2.78 bits per heavy atom. The number of ether oxygens (including phenoxy) is 1. The van der Waals surface area contributed by atoms with Gasteiger partial charge in [-0.15, -0.1) is 0 Å². The Morgan fingerprint density at radius 1 is 1.22 bits per heavy atom. The highest BCUT2D eigenvalue weighted by Gasteiger charge is 2.39. The zero-order valence-corrected chi connectivity index (χ0v) is 15.2. The van der Waals surface area contributed by atoms with Crippen molar-refractivity contribution in [3.63, 3.8) is 0 Å². The van der Waals surface area contributed by atoms with Crippen LogP contribution in [0.1, 0.15) is 48.4 Å². The molecule has 0 saturated carbocycles. The maximum atomic E-state index is 13.6. The molecular weight excluding hydrogens is 359 g/mol. The Bertz CT molecular complexity index is 820. The fraction of sp³-hybridized carbons (Fsp3) is 0.611. The molecule has 0 aromatic carbocycles. The first-order valence-electron chi connectivity index (χ1n) is 9.31. The normalized spacial score (nSPS) is 20.6. The lowest BCUT2D eigenvalue weighted by Crippen LogP contribution is -2.40. The van der Waals surface area contributed by atoms with Crippen LogP contribution in [0.15, 0.2) is 12.4 Å². The predicted octanol–water partition coefficient (Wildman–Crippen LogP) is 3.17. The minimum Gasteiger partial charge on any atom is -0.370 e. The van der Waals surface area contributed by atoms with Crippen molar-refractivity contribution in [1.29, 1.82) is 0 Å². The van der Waals surface area contributed by atoms with Crippen LogP contribution in [0.4, 0.5) is 19.1 Å². The molecule has 6 nitrogen and oxygen atoms in total. The van der Waals surface area contributed by atoms with E-state index in [0.29, 0.717) is 38.2 Å². The summed E-state index contributed by atoms with van der Waals surface area (Å²) in [7, 11) is 0. The van der Waals surface area contributed by atoms with Crippen molar-refractivity contribution in [2.24, 2.45) is 0 Å². The number of halogens is 3. The number of morpholine rings is 1. The van der Waals surface area contributed by atoms with E-state index in [0.717, 1.165) is 24.9 Å². The van der Waals surface area contributed by atoms with Crippen LogP contribution in [0.2, 0.25) is 0 Å². The SMILES string of the molecule is CCn1cc(C2CN(c3nc4c(c(C(F)(F)F)n3)CCCC4)CCO2)cn1. The first-order valence-corrected chi connectivity index (χ1v) is 9.31. The number of alkyl halides is 3. The molecule has 146 valence electrons. The van der Waals surface area contributed by atoms with Crippen LogP contribution in [-0.2, 0) is 30.3 Å². The van der Waals surface area contributed by atoms with Crippen molar-refractivity contribution in [2.45, 2.75) is 51.4 Å². The van der Waals surface area contributed by atoms with Gasteiger partial charge in [-0.3, -0.25) is 4.68 Å². The van der Waals surface area contributed by atoms with Gasteiger partial charge in [0.15, 0.2) is 5.69 Å². The molecule has 1 fully saturated rings. The van der Waals surface area contributed by atoms with E-state index in [2.05, 4.69) is 15.1 Å². The van der Waals surface area contributed by atoms with Crippen LogP contribution in [-0.4, -0.2) is 39.4 Å². The molecule has 1 aliphatic carbocycles. The van der Waals surface area contributed by atoms with E-state index in [1.54, 1.807) is 15.8 Å². The van der Waals surface area contributed by atoms with Gasteiger partial charge >= 0.3 is 6.18 Å². The summed E-state index contributed by atoms with van der Waals surface area (Å²) in [5.41, 5.74) is 0.951. The summed E-state index contributed by atoms with van der Waals surface area (Å²) in [6, 6.07) is 0. The minimum atomic E-state index is -4.47. The van der Waals surface area contributed by atoms with E-state index < -0.39 is 11.9 Å². The first-order chi connectivity index (χ1) is 13.0. The third-order valence-corrected chi connectivity index (χ3v) is 5.14. The van der Waals surface area contributed by atoms with E-state index in [9.17, 15) is 13.2 Å². The van der Waals surface area contributed by atoms with Crippen molar-refractivity contribution in [3.8, 4) is 0 Å². The van der Waals surface area contributed by atoms with Crippen LogP contribution in [0, 0.1) is 0 Å². The molecule has 0 amide bonds. The van der Waals surface area contributed by atoms with Crippen molar-refractivity contribution < 1.29 is 17.9 Å². The van der Waals surface area contributed by atoms with Gasteiger partial charge < -0.3 is 9.64 Å². The van der Waals surface area contributed by atoms with Gasteiger partial charge in [-0.05, 0) is 32.6 Å². The van der Waals surface area contributed by atoms with Crippen molar-refractivity contribution in [1.82, 2.24) is 19.7 Å². The summed E-state index contributed by atoms with van der Waals surface area (Å²) in [6.45, 7) is 4.02. The number of nitrogens with zero attached hydrogens (tertiary/aromatic N) is 5. The molecule has 0 spiro atoms. The monoisotopic (exact) mass is 381 g/mol. The van der Waals surface area contributed by atoms with Gasteiger partial charge in [0.25, 0.3) is 0 Å². The highest BCUT2D eigenvalue weighted by Crippen LogP contribution is 2.36. The second-order valence-corrected chi connectivity index (χ2v) is 6.94. The number of anilines is 1. The van der Waals surface area contributed by atoms with Gasteiger partial charge in [0.1, 0.15) is 6.10 Å². The molecule has 0 radical (unpaired) electrons. The number of hydrogen-bond donors (Lipinski definition) is 0. The molecule has 0 bridgehead atoms. The van der Waals surface area contributed by atoms with Gasteiger partial charge in [0.2, 0.25) is 5.95 Å². The molecule has 3 heterocycles. The summed E-state index contributed by atoms with van der Waals surface area (Å²) in [5, 5.41) is 4.25. The molecule has 0 N–H and O–H groups in total. The summed E-state index contributed by atoms with van der Waals surface area (Å²) in [6.07, 6.45) is 1.51. The first kappa shape index (κ1) is 18.2. The Labute approximate surface area is 155 Å². The molecule has 2 aromatic rings. The number of aryl methyl sites for hydroxylation is 2. The van der Waals surface area contributed by atoms with Gasteiger partial charge in [0.05, 0.1) is 19.3 Å². The smallest absolute Gasteiger partial charge is 0.370 e. The quantitative estimate of drug-likeness (QED) is 0.818. The fourth-order valence-electron chi connectivity index (χ4n) is 3.71. The maximum Gasteiger partial charge on any atom is 0.433 e. The molecule has 1 saturated heterocycles. The standard InChI is InChI=1S/C18H22F3N5O/c1-2-26-10-12(9-22-26)15-11-25(7-8-27-15)17-23-14-6-4-3-5-13(14)16(24-17)18(19,20)21/h9-10,15H,2-8,11H2,1H3. The molecule has 1 aliphatic heterocycles. The molecule has 1 unspecified atom stereocenters. The minimum absolute atomic E-state index is 0.152. The molecule has 2 aliphatic rings. The molecular formula is C18H22F3N5O. The Balaban J connectivity index is 1.64. The lowest BCUT2D eigenvalue weighted by molar-refractivity contribution is -0.142. The third-order valence-electron chi connectivity index (χ3n) is 5.14. The van der Waals surface area contributed by atoms with E-state index in [-0.39, 0.29) is 17.6 Å². The highest BCUT2D eigenvalue weighted by molar-refractivity contribution is 5.40. The third kappa shape index (κ3) is 3.65.